The van der Waals surface area contributed by atoms with Crippen LogP contribution in [0.5, 0.6) is 0 Å². The number of rotatable bonds is 4. The molecule has 0 amide bonds. The Morgan fingerprint density at radius 3 is 1.37 bits per heavy atom. The average molecular weight is 654 g/mol. The van der Waals surface area contributed by atoms with Gasteiger partial charge in [0.25, 0.3) is 0 Å². The van der Waals surface area contributed by atoms with E-state index >= 15 is 0 Å². The smallest absolute Gasteiger partial charge is 0.160 e. The van der Waals surface area contributed by atoms with Gasteiger partial charge in [-0.05, 0) is 66.7 Å². The molecule has 11 rings (SSSR count). The molecule has 0 spiro atoms. The molecule has 0 N–H and O–H groups in total. The van der Waals surface area contributed by atoms with E-state index in [4.69, 9.17) is 18.8 Å². The van der Waals surface area contributed by atoms with Gasteiger partial charge in [-0.3, -0.25) is 0 Å². The molecule has 7 aromatic carbocycles. The van der Waals surface area contributed by atoms with Gasteiger partial charge in [0, 0.05) is 54.7 Å². The maximum atomic E-state index is 6.48. The van der Waals surface area contributed by atoms with Gasteiger partial charge in [-0.15, -0.1) is 0 Å². The van der Waals surface area contributed by atoms with Crippen molar-refractivity contribution >= 4 is 65.7 Å². The van der Waals surface area contributed by atoms with Crippen LogP contribution in [0.15, 0.2) is 173 Å². The molecular weight excluding hydrogens is 627 g/mol. The first kappa shape index (κ1) is 27.9. The molecule has 0 radical (unpaired) electrons. The fourth-order valence-electron chi connectivity index (χ4n) is 7.71. The molecule has 0 atom stereocenters. The van der Waals surface area contributed by atoms with E-state index < -0.39 is 0 Å². The molecule has 0 unspecified atom stereocenters. The Kier molecular flexibility index (Phi) is 5.89. The summed E-state index contributed by atoms with van der Waals surface area (Å²) in [6, 6.07) is 56.6. The van der Waals surface area contributed by atoms with E-state index in [0.29, 0.717) is 5.82 Å². The van der Waals surface area contributed by atoms with Crippen LogP contribution in [0, 0.1) is 0 Å². The standard InChI is InChI=1S/C46H27N3O2/c1-5-19-40-30(11-1)31-12-2-6-20-41(31)49(40)29-25-23-28(24-26-29)46-47-38(36-17-9-15-34-32-13-3-7-21-42(32)50-44(34)36)27-39(48-46)37-18-10-16-35-33-14-4-8-22-43(33)51-45(35)37/h1-27H. The number of benzene rings is 7. The Bertz CT molecular complexity index is 2960. The van der Waals surface area contributed by atoms with Crippen molar-refractivity contribution < 1.29 is 8.83 Å². The van der Waals surface area contributed by atoms with E-state index in [-0.39, 0.29) is 0 Å². The van der Waals surface area contributed by atoms with Crippen molar-refractivity contribution in [2.75, 3.05) is 0 Å². The van der Waals surface area contributed by atoms with Crippen molar-refractivity contribution in [1.82, 2.24) is 14.5 Å². The second kappa shape index (κ2) is 10.8. The Balaban J connectivity index is 1.13. The zero-order chi connectivity index (χ0) is 33.5. The highest BCUT2D eigenvalue weighted by Gasteiger charge is 2.19. The Morgan fingerprint density at radius 2 is 0.843 bits per heavy atom. The molecule has 5 heteroatoms. The molecule has 4 heterocycles. The molecule has 0 aliphatic carbocycles. The predicted molar refractivity (Wildman–Crippen MR) is 207 cm³/mol. The molecule has 51 heavy (non-hydrogen) atoms. The lowest BCUT2D eigenvalue weighted by molar-refractivity contribution is 0.669. The number of nitrogens with zero attached hydrogens (tertiary/aromatic N) is 3. The first-order chi connectivity index (χ1) is 25.3. The molecule has 0 bridgehead atoms. The van der Waals surface area contributed by atoms with Gasteiger partial charge in [-0.1, -0.05) is 97.1 Å². The van der Waals surface area contributed by atoms with Gasteiger partial charge in [-0.25, -0.2) is 9.97 Å². The Morgan fingerprint density at radius 1 is 0.392 bits per heavy atom. The summed E-state index contributed by atoms with van der Waals surface area (Å²) < 4.78 is 15.3. The summed E-state index contributed by atoms with van der Waals surface area (Å²) in [4.78, 5) is 10.5. The van der Waals surface area contributed by atoms with Crippen molar-refractivity contribution in [1.29, 1.82) is 0 Å². The Hall–Kier alpha value is -6.98. The fourth-order valence-corrected chi connectivity index (χ4v) is 7.71. The van der Waals surface area contributed by atoms with Gasteiger partial charge in [-0.2, -0.15) is 0 Å². The highest BCUT2D eigenvalue weighted by molar-refractivity contribution is 6.11. The van der Waals surface area contributed by atoms with Gasteiger partial charge < -0.3 is 13.4 Å². The molecule has 5 nitrogen and oxygen atoms in total. The summed E-state index contributed by atoms with van der Waals surface area (Å²) in [5.74, 6) is 0.623. The predicted octanol–water partition coefficient (Wildman–Crippen LogP) is 12.4. The number of para-hydroxylation sites is 6. The SMILES string of the molecule is c1ccc2c(c1)oc1c(-c3cc(-c4cccc5c4oc4ccccc45)nc(-c4ccc(-n5c6ccccc6c6ccccc65)cc4)n3)cccc12. The molecule has 0 aliphatic heterocycles. The maximum absolute atomic E-state index is 6.48. The summed E-state index contributed by atoms with van der Waals surface area (Å²) in [6.45, 7) is 0. The molecular formula is C46H27N3O2. The number of hydrogen-bond donors (Lipinski definition) is 0. The minimum atomic E-state index is 0.623. The molecule has 0 saturated heterocycles. The van der Waals surface area contributed by atoms with Crippen LogP contribution in [-0.4, -0.2) is 14.5 Å². The van der Waals surface area contributed by atoms with E-state index in [0.717, 1.165) is 77.6 Å². The lowest BCUT2D eigenvalue weighted by atomic mass is 10.0. The largest absolute Gasteiger partial charge is 0.455 e. The highest BCUT2D eigenvalue weighted by Crippen LogP contribution is 2.40. The Labute approximate surface area is 291 Å². The van der Waals surface area contributed by atoms with Crippen LogP contribution in [0.4, 0.5) is 0 Å². The monoisotopic (exact) mass is 653 g/mol. The first-order valence-electron chi connectivity index (χ1n) is 17.1. The van der Waals surface area contributed by atoms with E-state index in [9.17, 15) is 0 Å². The van der Waals surface area contributed by atoms with E-state index in [2.05, 4.69) is 132 Å². The van der Waals surface area contributed by atoms with Crippen LogP contribution < -0.4 is 0 Å². The van der Waals surface area contributed by atoms with Crippen molar-refractivity contribution in [2.24, 2.45) is 0 Å². The summed E-state index contributed by atoms with van der Waals surface area (Å²) in [6.07, 6.45) is 0. The van der Waals surface area contributed by atoms with Crippen molar-refractivity contribution in [3.8, 4) is 39.6 Å². The van der Waals surface area contributed by atoms with Gasteiger partial charge in [0.05, 0.1) is 22.4 Å². The third kappa shape index (κ3) is 4.22. The quantitative estimate of drug-likeness (QED) is 0.190. The molecule has 4 aromatic heterocycles. The second-order valence-corrected chi connectivity index (χ2v) is 12.9. The summed E-state index contributed by atoms with van der Waals surface area (Å²) in [5, 5.41) is 6.74. The summed E-state index contributed by atoms with van der Waals surface area (Å²) >= 11 is 0. The lowest BCUT2D eigenvalue weighted by Crippen LogP contribution is -1.97. The summed E-state index contributed by atoms with van der Waals surface area (Å²) in [5.41, 5.74) is 11.0. The van der Waals surface area contributed by atoms with Crippen molar-refractivity contribution in [2.45, 2.75) is 0 Å². The number of aromatic nitrogens is 3. The first-order valence-corrected chi connectivity index (χ1v) is 17.1. The van der Waals surface area contributed by atoms with Crippen LogP contribution in [0.25, 0.3) is 105 Å². The van der Waals surface area contributed by atoms with Gasteiger partial charge in [0.2, 0.25) is 0 Å². The third-order valence-corrected chi connectivity index (χ3v) is 10.1. The fraction of sp³-hybridized carbons (Fsp3) is 0. The second-order valence-electron chi connectivity index (χ2n) is 12.9. The number of furan rings is 2. The zero-order valence-electron chi connectivity index (χ0n) is 27.2. The number of fused-ring (bicyclic) bond motifs is 9. The minimum absolute atomic E-state index is 0.623. The van der Waals surface area contributed by atoms with Crippen LogP contribution >= 0.6 is 0 Å². The molecule has 0 saturated carbocycles. The highest BCUT2D eigenvalue weighted by atomic mass is 16.3. The molecule has 0 fully saturated rings. The zero-order valence-corrected chi connectivity index (χ0v) is 27.2. The maximum Gasteiger partial charge on any atom is 0.160 e. The van der Waals surface area contributed by atoms with E-state index in [1.165, 1.54) is 21.8 Å². The van der Waals surface area contributed by atoms with E-state index in [1.807, 2.05) is 36.4 Å². The van der Waals surface area contributed by atoms with Crippen LogP contribution in [0.3, 0.4) is 0 Å². The van der Waals surface area contributed by atoms with Crippen molar-refractivity contribution in [3.63, 3.8) is 0 Å². The van der Waals surface area contributed by atoms with E-state index in [1.54, 1.807) is 0 Å². The minimum Gasteiger partial charge on any atom is -0.455 e. The van der Waals surface area contributed by atoms with Crippen LogP contribution in [0.1, 0.15) is 0 Å². The lowest BCUT2D eigenvalue weighted by Gasteiger charge is -2.12. The summed E-state index contributed by atoms with van der Waals surface area (Å²) in [7, 11) is 0. The van der Waals surface area contributed by atoms with Crippen molar-refractivity contribution in [3.05, 3.63) is 164 Å². The van der Waals surface area contributed by atoms with Crippen LogP contribution in [-0.2, 0) is 0 Å². The third-order valence-electron chi connectivity index (χ3n) is 10.1. The number of hydrogen-bond acceptors (Lipinski definition) is 4. The topological polar surface area (TPSA) is 57.0 Å². The molecule has 11 aromatic rings. The average Bonchev–Trinajstić information content (AvgIpc) is 3.87. The molecule has 0 aliphatic rings. The normalized spacial score (nSPS) is 11.9. The van der Waals surface area contributed by atoms with Gasteiger partial charge in [0.1, 0.15) is 22.3 Å². The van der Waals surface area contributed by atoms with Gasteiger partial charge >= 0.3 is 0 Å². The molecule has 238 valence electrons. The van der Waals surface area contributed by atoms with Crippen LogP contribution in [0.2, 0.25) is 0 Å². The van der Waals surface area contributed by atoms with Gasteiger partial charge in [0.15, 0.2) is 5.82 Å².